The zero-order valence-corrected chi connectivity index (χ0v) is 13.6. The van der Waals surface area contributed by atoms with Gasteiger partial charge >= 0.3 is 0 Å². The lowest BCUT2D eigenvalue weighted by Crippen LogP contribution is -2.59. The molecule has 1 heterocycles. The van der Waals surface area contributed by atoms with E-state index in [9.17, 15) is 0 Å². The molecule has 1 saturated carbocycles. The number of rotatable bonds is 3. The van der Waals surface area contributed by atoms with Crippen molar-refractivity contribution >= 4 is 5.69 Å². The number of benzene rings is 1. The third kappa shape index (κ3) is 2.70. The van der Waals surface area contributed by atoms with Gasteiger partial charge in [0.05, 0.1) is 5.54 Å². The summed E-state index contributed by atoms with van der Waals surface area (Å²) in [5.74, 6) is 1.58. The summed E-state index contributed by atoms with van der Waals surface area (Å²) in [6, 6.07) is 8.99. The Balaban J connectivity index is 1.97. The van der Waals surface area contributed by atoms with Crippen LogP contribution in [0.5, 0.6) is 0 Å². The lowest BCUT2D eigenvalue weighted by molar-refractivity contribution is 0.203. The monoisotopic (exact) mass is 286 g/mol. The number of fused-ring (bicyclic) bond motifs is 1. The van der Waals surface area contributed by atoms with Crippen LogP contribution in [0.15, 0.2) is 24.3 Å². The topological polar surface area (TPSA) is 29.3 Å². The van der Waals surface area contributed by atoms with Gasteiger partial charge in [-0.15, -0.1) is 0 Å². The minimum Gasteiger partial charge on any atom is -0.364 e. The molecule has 1 aliphatic carbocycles. The van der Waals surface area contributed by atoms with Gasteiger partial charge in [0.25, 0.3) is 0 Å². The summed E-state index contributed by atoms with van der Waals surface area (Å²) in [6.45, 7) is 6.69. The minimum atomic E-state index is 0.198. The Morgan fingerprint density at radius 1 is 1.33 bits per heavy atom. The fourth-order valence-corrected chi connectivity index (χ4v) is 4.60. The first-order valence-electron chi connectivity index (χ1n) is 8.74. The molecule has 0 bridgehead atoms. The molecule has 3 rings (SSSR count). The molecule has 2 heteroatoms. The van der Waals surface area contributed by atoms with Crippen LogP contribution >= 0.6 is 0 Å². The van der Waals surface area contributed by atoms with Crippen molar-refractivity contribution in [2.45, 2.75) is 57.9 Å². The summed E-state index contributed by atoms with van der Waals surface area (Å²) in [4.78, 5) is 2.69. The average Bonchev–Trinajstić information content (AvgIpc) is 2.54. The molecule has 0 spiro atoms. The van der Waals surface area contributed by atoms with Crippen molar-refractivity contribution in [1.29, 1.82) is 0 Å². The number of anilines is 1. The molecule has 0 saturated heterocycles. The second kappa shape index (κ2) is 6.00. The summed E-state index contributed by atoms with van der Waals surface area (Å²) in [6.07, 6.45) is 7.78. The van der Waals surface area contributed by atoms with Crippen molar-refractivity contribution < 1.29 is 0 Å². The fourth-order valence-electron chi connectivity index (χ4n) is 4.60. The summed E-state index contributed by atoms with van der Waals surface area (Å²) in [5.41, 5.74) is 9.52. The third-order valence-electron chi connectivity index (χ3n) is 5.80. The van der Waals surface area contributed by atoms with Crippen molar-refractivity contribution in [1.82, 2.24) is 0 Å². The minimum absolute atomic E-state index is 0.198. The SMILES string of the molecule is CCC1CCCC(CN)(N2CC(C)Cc3ccccc32)C1. The quantitative estimate of drug-likeness (QED) is 0.910. The molecule has 0 radical (unpaired) electrons. The summed E-state index contributed by atoms with van der Waals surface area (Å²) in [5, 5.41) is 0. The van der Waals surface area contributed by atoms with E-state index in [1.165, 1.54) is 56.3 Å². The highest BCUT2D eigenvalue weighted by Gasteiger charge is 2.42. The van der Waals surface area contributed by atoms with Gasteiger partial charge in [-0.2, -0.15) is 0 Å². The first kappa shape index (κ1) is 14.9. The van der Waals surface area contributed by atoms with E-state index in [4.69, 9.17) is 5.73 Å². The van der Waals surface area contributed by atoms with Gasteiger partial charge in [-0.3, -0.25) is 0 Å². The summed E-state index contributed by atoms with van der Waals surface area (Å²) < 4.78 is 0. The Labute approximate surface area is 129 Å². The van der Waals surface area contributed by atoms with Crippen LogP contribution in [0, 0.1) is 11.8 Å². The van der Waals surface area contributed by atoms with Crippen molar-refractivity contribution in [3.8, 4) is 0 Å². The van der Waals surface area contributed by atoms with Gasteiger partial charge in [-0.25, -0.2) is 0 Å². The first-order valence-corrected chi connectivity index (χ1v) is 8.74. The van der Waals surface area contributed by atoms with E-state index in [2.05, 4.69) is 43.0 Å². The molecule has 1 aromatic carbocycles. The molecule has 0 aromatic heterocycles. The second-order valence-electron chi connectivity index (χ2n) is 7.35. The smallest absolute Gasteiger partial charge is 0.0527 e. The highest BCUT2D eigenvalue weighted by Crippen LogP contribution is 2.43. The molecule has 2 aliphatic rings. The third-order valence-corrected chi connectivity index (χ3v) is 5.80. The standard InChI is InChI=1S/C19H30N2/c1-3-16-7-6-10-19(12-16,14-20)21-13-15(2)11-17-8-4-5-9-18(17)21/h4-5,8-9,15-16H,3,6-7,10-14,20H2,1-2H3. The molecule has 3 unspecified atom stereocenters. The van der Waals surface area contributed by atoms with Crippen LogP contribution in [0.4, 0.5) is 5.69 Å². The number of nitrogens with zero attached hydrogens (tertiary/aromatic N) is 1. The molecule has 3 atom stereocenters. The lowest BCUT2D eigenvalue weighted by atomic mass is 9.72. The molecular weight excluding hydrogens is 256 g/mol. The van der Waals surface area contributed by atoms with Crippen LogP contribution in [0.2, 0.25) is 0 Å². The Morgan fingerprint density at radius 2 is 2.14 bits per heavy atom. The fraction of sp³-hybridized carbons (Fsp3) is 0.684. The molecule has 2 N–H and O–H groups in total. The summed E-state index contributed by atoms with van der Waals surface area (Å²) in [7, 11) is 0. The number of para-hydroxylation sites is 1. The van der Waals surface area contributed by atoms with Crippen LogP contribution in [0.3, 0.4) is 0 Å². The molecular formula is C19H30N2. The Kier molecular flexibility index (Phi) is 4.26. The Hall–Kier alpha value is -1.02. The van der Waals surface area contributed by atoms with Crippen molar-refractivity contribution in [3.05, 3.63) is 29.8 Å². The number of nitrogens with two attached hydrogens (primary N) is 1. The van der Waals surface area contributed by atoms with Crippen LogP contribution in [-0.2, 0) is 6.42 Å². The first-order chi connectivity index (χ1) is 10.2. The van der Waals surface area contributed by atoms with E-state index in [0.29, 0.717) is 0 Å². The van der Waals surface area contributed by atoms with Gasteiger partial charge in [0.2, 0.25) is 0 Å². The van der Waals surface area contributed by atoms with E-state index in [1.807, 2.05) is 0 Å². The Bertz CT molecular complexity index is 484. The maximum absolute atomic E-state index is 6.35. The van der Waals surface area contributed by atoms with E-state index < -0.39 is 0 Å². The molecule has 1 fully saturated rings. The maximum Gasteiger partial charge on any atom is 0.0527 e. The predicted molar refractivity (Wildman–Crippen MR) is 90.7 cm³/mol. The van der Waals surface area contributed by atoms with Crippen molar-refractivity contribution in [3.63, 3.8) is 0 Å². The van der Waals surface area contributed by atoms with Gasteiger partial charge in [0, 0.05) is 18.8 Å². The van der Waals surface area contributed by atoms with E-state index >= 15 is 0 Å². The van der Waals surface area contributed by atoms with Gasteiger partial charge in [0.15, 0.2) is 0 Å². The van der Waals surface area contributed by atoms with Crippen LogP contribution in [-0.4, -0.2) is 18.6 Å². The second-order valence-corrected chi connectivity index (χ2v) is 7.35. The van der Waals surface area contributed by atoms with E-state index in [1.54, 1.807) is 0 Å². The highest BCUT2D eigenvalue weighted by molar-refractivity contribution is 5.58. The summed E-state index contributed by atoms with van der Waals surface area (Å²) >= 11 is 0. The average molecular weight is 286 g/mol. The molecule has 116 valence electrons. The zero-order chi connectivity index (χ0) is 14.9. The number of hydrogen-bond acceptors (Lipinski definition) is 2. The number of hydrogen-bond donors (Lipinski definition) is 1. The molecule has 1 aromatic rings. The van der Waals surface area contributed by atoms with Gasteiger partial charge in [-0.1, -0.05) is 51.3 Å². The van der Waals surface area contributed by atoms with Crippen LogP contribution in [0.1, 0.15) is 51.5 Å². The van der Waals surface area contributed by atoms with E-state index in [-0.39, 0.29) is 5.54 Å². The highest BCUT2D eigenvalue weighted by atomic mass is 15.2. The molecule has 2 nitrogen and oxygen atoms in total. The maximum atomic E-state index is 6.35. The molecule has 1 aliphatic heterocycles. The molecule has 0 amide bonds. The van der Waals surface area contributed by atoms with Crippen molar-refractivity contribution in [2.24, 2.45) is 17.6 Å². The van der Waals surface area contributed by atoms with E-state index in [0.717, 1.165) is 18.4 Å². The lowest BCUT2D eigenvalue weighted by Gasteiger charge is -2.52. The Morgan fingerprint density at radius 3 is 2.90 bits per heavy atom. The zero-order valence-electron chi connectivity index (χ0n) is 13.6. The largest absolute Gasteiger partial charge is 0.364 e. The predicted octanol–water partition coefficient (Wildman–Crippen LogP) is 3.98. The van der Waals surface area contributed by atoms with Gasteiger partial charge < -0.3 is 10.6 Å². The van der Waals surface area contributed by atoms with Crippen molar-refractivity contribution in [2.75, 3.05) is 18.0 Å². The van der Waals surface area contributed by atoms with Gasteiger partial charge in [-0.05, 0) is 42.7 Å². The molecule has 21 heavy (non-hydrogen) atoms. The normalized spacial score (nSPS) is 32.8. The van der Waals surface area contributed by atoms with Crippen LogP contribution < -0.4 is 10.6 Å². The van der Waals surface area contributed by atoms with Gasteiger partial charge in [0.1, 0.15) is 0 Å². The van der Waals surface area contributed by atoms with Crippen LogP contribution in [0.25, 0.3) is 0 Å².